The number of nitrogens with zero attached hydrogens (tertiary/aromatic N) is 1. The molecule has 0 N–H and O–H groups in total. The Morgan fingerprint density at radius 2 is 1.96 bits per heavy atom. The SMILES string of the molecule is CC(=O)C#CCN(CC=Cc1ccccc1Cl)C(=O)OC(C)(C)C. The number of carbonyl (C=O) groups is 2. The van der Waals surface area contributed by atoms with Crippen LogP contribution >= 0.6 is 11.6 Å². The summed E-state index contributed by atoms with van der Waals surface area (Å²) >= 11 is 6.09. The molecule has 24 heavy (non-hydrogen) atoms. The highest BCUT2D eigenvalue weighted by atomic mass is 35.5. The number of hydrogen-bond donors (Lipinski definition) is 0. The van der Waals surface area contributed by atoms with E-state index in [1.165, 1.54) is 11.8 Å². The van der Waals surface area contributed by atoms with Crippen LogP contribution in [0.5, 0.6) is 0 Å². The van der Waals surface area contributed by atoms with Crippen molar-refractivity contribution in [3.63, 3.8) is 0 Å². The highest BCUT2D eigenvalue weighted by molar-refractivity contribution is 6.32. The number of benzene rings is 1. The van der Waals surface area contributed by atoms with Gasteiger partial charge in [0.25, 0.3) is 0 Å². The van der Waals surface area contributed by atoms with Gasteiger partial charge in [-0.05, 0) is 38.3 Å². The number of carbonyl (C=O) groups excluding carboxylic acids is 2. The quantitative estimate of drug-likeness (QED) is 0.606. The van der Waals surface area contributed by atoms with Gasteiger partial charge < -0.3 is 4.74 Å². The lowest BCUT2D eigenvalue weighted by Crippen LogP contribution is -2.37. The Morgan fingerprint density at radius 1 is 1.29 bits per heavy atom. The van der Waals surface area contributed by atoms with E-state index < -0.39 is 11.7 Å². The van der Waals surface area contributed by atoms with Gasteiger partial charge in [0.15, 0.2) is 0 Å². The summed E-state index contributed by atoms with van der Waals surface area (Å²) in [5, 5.41) is 0.633. The topological polar surface area (TPSA) is 46.6 Å². The summed E-state index contributed by atoms with van der Waals surface area (Å²) in [4.78, 5) is 24.6. The molecule has 0 saturated heterocycles. The van der Waals surface area contributed by atoms with Gasteiger partial charge in [-0.3, -0.25) is 9.69 Å². The van der Waals surface area contributed by atoms with E-state index in [4.69, 9.17) is 16.3 Å². The van der Waals surface area contributed by atoms with Gasteiger partial charge in [-0.15, -0.1) is 0 Å². The largest absolute Gasteiger partial charge is 0.444 e. The highest BCUT2D eigenvalue weighted by Crippen LogP contribution is 2.16. The summed E-state index contributed by atoms with van der Waals surface area (Å²) in [5.74, 6) is 4.86. The van der Waals surface area contributed by atoms with Gasteiger partial charge in [0.1, 0.15) is 5.60 Å². The van der Waals surface area contributed by atoms with E-state index in [9.17, 15) is 9.59 Å². The van der Waals surface area contributed by atoms with E-state index in [0.717, 1.165) is 5.56 Å². The maximum Gasteiger partial charge on any atom is 0.411 e. The molecule has 0 radical (unpaired) electrons. The van der Waals surface area contributed by atoms with Crippen LogP contribution in [0.2, 0.25) is 5.02 Å². The lowest BCUT2D eigenvalue weighted by atomic mass is 10.2. The number of hydrogen-bond acceptors (Lipinski definition) is 3. The molecule has 5 heteroatoms. The predicted octanol–water partition coefficient (Wildman–Crippen LogP) is 4.18. The van der Waals surface area contributed by atoms with E-state index in [1.807, 2.05) is 24.3 Å². The van der Waals surface area contributed by atoms with Crippen LogP contribution in [-0.2, 0) is 9.53 Å². The van der Waals surface area contributed by atoms with E-state index >= 15 is 0 Å². The van der Waals surface area contributed by atoms with Crippen LogP contribution in [0.4, 0.5) is 4.79 Å². The Kier molecular flexibility index (Phi) is 7.54. The summed E-state index contributed by atoms with van der Waals surface area (Å²) < 4.78 is 5.36. The van der Waals surface area contributed by atoms with Crippen molar-refractivity contribution in [2.24, 2.45) is 0 Å². The lowest BCUT2D eigenvalue weighted by molar-refractivity contribution is -0.111. The van der Waals surface area contributed by atoms with Crippen LogP contribution < -0.4 is 0 Å². The predicted molar refractivity (Wildman–Crippen MR) is 96.8 cm³/mol. The molecule has 0 unspecified atom stereocenters. The summed E-state index contributed by atoms with van der Waals surface area (Å²) in [5.41, 5.74) is 0.258. The van der Waals surface area contributed by atoms with Crippen molar-refractivity contribution in [2.45, 2.75) is 33.3 Å². The molecule has 0 fully saturated rings. The van der Waals surface area contributed by atoms with Crippen molar-refractivity contribution in [1.29, 1.82) is 0 Å². The Balaban J connectivity index is 2.81. The zero-order chi connectivity index (χ0) is 18.2. The molecule has 1 aromatic rings. The van der Waals surface area contributed by atoms with Gasteiger partial charge >= 0.3 is 6.09 Å². The minimum atomic E-state index is -0.601. The Labute approximate surface area is 148 Å². The number of halogens is 1. The zero-order valence-electron chi connectivity index (χ0n) is 14.4. The molecule has 1 amide bonds. The Bertz CT molecular complexity index is 678. The molecular weight excluding hydrogens is 326 g/mol. The molecule has 0 bridgehead atoms. The molecule has 0 aliphatic rings. The molecule has 0 heterocycles. The third-order valence-electron chi connectivity index (χ3n) is 2.71. The first-order chi connectivity index (χ1) is 11.2. The minimum absolute atomic E-state index is 0.112. The van der Waals surface area contributed by atoms with Gasteiger partial charge in [0, 0.05) is 18.5 Å². The van der Waals surface area contributed by atoms with Gasteiger partial charge in [-0.1, -0.05) is 47.9 Å². The van der Waals surface area contributed by atoms with Crippen LogP contribution in [0.25, 0.3) is 6.08 Å². The first-order valence-corrected chi connectivity index (χ1v) is 7.95. The van der Waals surface area contributed by atoms with Crippen LogP contribution in [0.15, 0.2) is 30.3 Å². The van der Waals surface area contributed by atoms with E-state index in [-0.39, 0.29) is 12.3 Å². The van der Waals surface area contributed by atoms with Crippen LogP contribution in [0.1, 0.15) is 33.3 Å². The zero-order valence-corrected chi connectivity index (χ0v) is 15.2. The first-order valence-electron chi connectivity index (χ1n) is 7.57. The summed E-state index contributed by atoms with van der Waals surface area (Å²) in [6.07, 6.45) is 3.16. The number of ether oxygens (including phenoxy) is 1. The molecule has 128 valence electrons. The second kappa shape index (κ2) is 9.14. The number of ketones is 1. The average molecular weight is 348 g/mol. The van der Waals surface area contributed by atoms with Crippen molar-refractivity contribution in [2.75, 3.05) is 13.1 Å². The minimum Gasteiger partial charge on any atom is -0.444 e. The fourth-order valence-corrected chi connectivity index (χ4v) is 1.91. The third kappa shape index (κ3) is 7.85. The first kappa shape index (κ1) is 19.8. The molecular formula is C19H22ClNO3. The van der Waals surface area contributed by atoms with Gasteiger partial charge in [0.2, 0.25) is 5.78 Å². The van der Waals surface area contributed by atoms with Crippen LogP contribution in [0, 0.1) is 11.8 Å². The fraction of sp³-hybridized carbons (Fsp3) is 0.368. The third-order valence-corrected chi connectivity index (χ3v) is 3.06. The molecule has 0 atom stereocenters. The standard InChI is InChI=1S/C19H22ClNO3/c1-15(22)9-7-13-21(18(23)24-19(2,3)4)14-8-11-16-10-5-6-12-17(16)20/h5-6,8,10-12H,13-14H2,1-4H3. The fourth-order valence-electron chi connectivity index (χ4n) is 1.71. The van der Waals surface area contributed by atoms with Crippen molar-refractivity contribution in [3.05, 3.63) is 40.9 Å². The smallest absolute Gasteiger partial charge is 0.411 e. The molecule has 0 aromatic heterocycles. The second-order valence-electron chi connectivity index (χ2n) is 6.14. The monoisotopic (exact) mass is 347 g/mol. The van der Waals surface area contributed by atoms with E-state index in [1.54, 1.807) is 32.9 Å². The maximum atomic E-state index is 12.2. The second-order valence-corrected chi connectivity index (χ2v) is 6.55. The molecule has 4 nitrogen and oxygen atoms in total. The molecule has 1 aromatic carbocycles. The van der Waals surface area contributed by atoms with Gasteiger partial charge in [-0.2, -0.15) is 0 Å². The van der Waals surface area contributed by atoms with E-state index in [2.05, 4.69) is 11.8 Å². The number of Topliss-reactive ketones (excluding diaryl/α,β-unsaturated/α-hetero) is 1. The molecule has 1 rings (SSSR count). The number of amides is 1. The Hall–Kier alpha value is -2.25. The molecule has 0 aliphatic carbocycles. The van der Waals surface area contributed by atoms with E-state index in [0.29, 0.717) is 11.6 Å². The molecule has 0 aliphatic heterocycles. The van der Waals surface area contributed by atoms with Crippen molar-refractivity contribution in [1.82, 2.24) is 4.90 Å². The van der Waals surface area contributed by atoms with Crippen molar-refractivity contribution < 1.29 is 14.3 Å². The van der Waals surface area contributed by atoms with Crippen molar-refractivity contribution in [3.8, 4) is 11.8 Å². The summed E-state index contributed by atoms with van der Waals surface area (Å²) in [6, 6.07) is 7.41. The normalized spacial score (nSPS) is 10.9. The van der Waals surface area contributed by atoms with Crippen molar-refractivity contribution >= 4 is 29.6 Å². The van der Waals surface area contributed by atoms with Crippen LogP contribution in [0.3, 0.4) is 0 Å². The average Bonchev–Trinajstić information content (AvgIpc) is 2.45. The Morgan fingerprint density at radius 3 is 2.54 bits per heavy atom. The molecule has 0 spiro atoms. The number of rotatable bonds is 4. The molecule has 0 saturated carbocycles. The van der Waals surface area contributed by atoms with Gasteiger partial charge in [-0.25, -0.2) is 4.79 Å². The maximum absolute atomic E-state index is 12.2. The summed E-state index contributed by atoms with van der Waals surface area (Å²) in [7, 11) is 0. The van der Waals surface area contributed by atoms with Gasteiger partial charge in [0.05, 0.1) is 6.54 Å². The highest BCUT2D eigenvalue weighted by Gasteiger charge is 2.20. The van der Waals surface area contributed by atoms with Crippen LogP contribution in [-0.4, -0.2) is 35.5 Å². The lowest BCUT2D eigenvalue weighted by Gasteiger charge is -2.25. The summed E-state index contributed by atoms with van der Waals surface area (Å²) in [6.45, 7) is 7.17.